The average Bonchev–Trinajstić information content (AvgIpc) is 2.42. The topological polar surface area (TPSA) is 23.9 Å². The van der Waals surface area contributed by atoms with Crippen LogP contribution in [0.15, 0.2) is 58.1 Å². The molecule has 1 aliphatic carbocycles. The molecular formula is C20H29NS. The van der Waals surface area contributed by atoms with Crippen LogP contribution in [0.4, 0.5) is 0 Å². The largest absolute Gasteiger partial charge is 0.300 e. The highest BCUT2D eigenvalue weighted by atomic mass is 32.1. The quantitative estimate of drug-likeness (QED) is 0.234. The molecule has 1 nitrogen and oxygen atoms in total. The van der Waals surface area contributed by atoms with Gasteiger partial charge in [-0.3, -0.25) is 0 Å². The molecule has 0 aromatic rings. The van der Waals surface area contributed by atoms with Gasteiger partial charge in [0.2, 0.25) is 0 Å². The zero-order chi connectivity index (χ0) is 16.7. The second-order valence-electron chi connectivity index (χ2n) is 6.27. The SMILES string of the molecule is C=C(C/C=C(\C)C1CCC1)C(=N)/C(C)=C/C(C)=C(C)/C=C\S. The predicted molar refractivity (Wildman–Crippen MR) is 103 cm³/mol. The highest BCUT2D eigenvalue weighted by molar-refractivity contribution is 7.83. The molecule has 1 rings (SSSR count). The number of hydrogen-bond donors (Lipinski definition) is 2. The molecule has 1 N–H and O–H groups in total. The minimum Gasteiger partial charge on any atom is -0.300 e. The van der Waals surface area contributed by atoms with Crippen LogP contribution in [0.3, 0.4) is 0 Å². The van der Waals surface area contributed by atoms with Gasteiger partial charge in [-0.1, -0.05) is 36.8 Å². The van der Waals surface area contributed by atoms with Gasteiger partial charge in [-0.2, -0.15) is 12.6 Å². The molecule has 0 bridgehead atoms. The summed E-state index contributed by atoms with van der Waals surface area (Å²) in [5, 5.41) is 10.0. The van der Waals surface area contributed by atoms with Crippen molar-refractivity contribution in [3.63, 3.8) is 0 Å². The van der Waals surface area contributed by atoms with Crippen molar-refractivity contribution >= 4 is 18.3 Å². The second kappa shape index (κ2) is 8.99. The van der Waals surface area contributed by atoms with Gasteiger partial charge in [0.05, 0.1) is 5.71 Å². The van der Waals surface area contributed by atoms with E-state index in [1.54, 1.807) is 5.41 Å². The van der Waals surface area contributed by atoms with E-state index >= 15 is 0 Å². The molecule has 1 fully saturated rings. The Morgan fingerprint density at radius 3 is 2.32 bits per heavy atom. The fourth-order valence-electron chi connectivity index (χ4n) is 2.45. The molecule has 0 heterocycles. The standard InChI is InChI=1S/C20H29NS/c1-14(11-12-22)17(4)13-18(5)20(21)16(3)10-9-15(2)19-7-6-8-19/h9,11-13,19,21-22H,3,6-8,10H2,1-2,4-5H3/b12-11-,15-9+,17-14+,18-13+,21-20?. The van der Waals surface area contributed by atoms with E-state index in [4.69, 9.17) is 5.41 Å². The molecule has 0 atom stereocenters. The molecule has 0 aliphatic heterocycles. The first-order valence-corrected chi connectivity index (χ1v) is 8.48. The van der Waals surface area contributed by atoms with Crippen LogP contribution in [0.25, 0.3) is 0 Å². The van der Waals surface area contributed by atoms with Crippen LogP contribution < -0.4 is 0 Å². The Balaban J connectivity index is 2.69. The number of hydrogen-bond acceptors (Lipinski definition) is 2. The summed E-state index contributed by atoms with van der Waals surface area (Å²) in [6.45, 7) is 12.4. The lowest BCUT2D eigenvalue weighted by Crippen LogP contribution is -2.12. The van der Waals surface area contributed by atoms with E-state index in [-0.39, 0.29) is 0 Å². The fourth-order valence-corrected chi connectivity index (χ4v) is 2.67. The highest BCUT2D eigenvalue weighted by Gasteiger charge is 2.18. The van der Waals surface area contributed by atoms with Gasteiger partial charge in [-0.15, -0.1) is 0 Å². The van der Waals surface area contributed by atoms with E-state index in [2.05, 4.69) is 52.1 Å². The maximum absolute atomic E-state index is 8.29. The minimum atomic E-state index is 0.555. The van der Waals surface area contributed by atoms with Crippen molar-refractivity contribution in [1.29, 1.82) is 5.41 Å². The van der Waals surface area contributed by atoms with Gasteiger partial charge in [-0.05, 0) is 80.6 Å². The number of thiol groups is 1. The van der Waals surface area contributed by atoms with Gasteiger partial charge < -0.3 is 5.41 Å². The Morgan fingerprint density at radius 1 is 1.18 bits per heavy atom. The summed E-state index contributed by atoms with van der Waals surface area (Å²) >= 11 is 4.10. The number of nitrogens with one attached hydrogen (secondary N) is 1. The van der Waals surface area contributed by atoms with E-state index in [0.717, 1.165) is 34.6 Å². The first-order chi connectivity index (χ1) is 10.4. The van der Waals surface area contributed by atoms with Crippen LogP contribution in [0, 0.1) is 11.3 Å². The third-order valence-corrected chi connectivity index (χ3v) is 4.70. The van der Waals surface area contributed by atoms with Gasteiger partial charge >= 0.3 is 0 Å². The highest BCUT2D eigenvalue weighted by Crippen LogP contribution is 2.33. The summed E-state index contributed by atoms with van der Waals surface area (Å²) in [5.41, 5.74) is 6.19. The lowest BCUT2D eigenvalue weighted by atomic mass is 9.80. The Bertz CT molecular complexity index is 554. The second-order valence-corrected chi connectivity index (χ2v) is 6.57. The molecule has 0 saturated heterocycles. The Kier molecular flexibility index (Phi) is 7.67. The summed E-state index contributed by atoms with van der Waals surface area (Å²) in [6.07, 6.45) is 11.1. The van der Waals surface area contributed by atoms with Gasteiger partial charge in [0, 0.05) is 0 Å². The molecule has 120 valence electrons. The lowest BCUT2D eigenvalue weighted by Gasteiger charge is -2.26. The molecule has 1 saturated carbocycles. The normalized spacial score (nSPS) is 18.2. The maximum atomic E-state index is 8.29. The van der Waals surface area contributed by atoms with Crippen molar-refractivity contribution in [3.8, 4) is 0 Å². The van der Waals surface area contributed by atoms with Gasteiger partial charge in [0.15, 0.2) is 0 Å². The molecule has 2 heteroatoms. The monoisotopic (exact) mass is 315 g/mol. The van der Waals surface area contributed by atoms with E-state index in [1.807, 2.05) is 13.0 Å². The fraction of sp³-hybridized carbons (Fsp3) is 0.450. The molecule has 0 unspecified atom stereocenters. The molecule has 0 aromatic heterocycles. The van der Waals surface area contributed by atoms with Crippen LogP contribution in [-0.4, -0.2) is 5.71 Å². The molecule has 0 radical (unpaired) electrons. The van der Waals surface area contributed by atoms with E-state index in [1.165, 1.54) is 24.8 Å². The summed E-state index contributed by atoms with van der Waals surface area (Å²) in [7, 11) is 0. The third-order valence-electron chi connectivity index (χ3n) is 4.55. The first-order valence-electron chi connectivity index (χ1n) is 7.97. The molecule has 22 heavy (non-hydrogen) atoms. The molecule has 0 aromatic carbocycles. The van der Waals surface area contributed by atoms with Crippen molar-refractivity contribution in [1.82, 2.24) is 0 Å². The maximum Gasteiger partial charge on any atom is 0.0598 e. The number of rotatable bonds is 7. The number of allylic oxidation sites excluding steroid dienone is 8. The minimum absolute atomic E-state index is 0.555. The zero-order valence-electron chi connectivity index (χ0n) is 14.4. The van der Waals surface area contributed by atoms with Crippen LogP contribution in [-0.2, 0) is 0 Å². The van der Waals surface area contributed by atoms with Crippen molar-refractivity contribution in [2.45, 2.75) is 53.4 Å². The van der Waals surface area contributed by atoms with Crippen molar-refractivity contribution in [3.05, 3.63) is 58.1 Å². The van der Waals surface area contributed by atoms with Gasteiger partial charge in [-0.25, -0.2) is 0 Å². The van der Waals surface area contributed by atoms with E-state index < -0.39 is 0 Å². The van der Waals surface area contributed by atoms with Crippen LogP contribution in [0.2, 0.25) is 0 Å². The van der Waals surface area contributed by atoms with E-state index in [9.17, 15) is 0 Å². The Labute approximate surface area is 141 Å². The summed E-state index contributed by atoms with van der Waals surface area (Å²) in [5.74, 6) is 0.777. The van der Waals surface area contributed by atoms with Crippen molar-refractivity contribution < 1.29 is 0 Å². The van der Waals surface area contributed by atoms with Crippen molar-refractivity contribution in [2.24, 2.45) is 5.92 Å². The average molecular weight is 316 g/mol. The van der Waals surface area contributed by atoms with Crippen molar-refractivity contribution in [2.75, 3.05) is 0 Å². The Hall–Kier alpha value is -1.28. The lowest BCUT2D eigenvalue weighted by molar-refractivity contribution is 0.367. The smallest absolute Gasteiger partial charge is 0.0598 e. The van der Waals surface area contributed by atoms with Crippen LogP contribution in [0.1, 0.15) is 53.4 Å². The predicted octanol–water partition coefficient (Wildman–Crippen LogP) is 6.43. The zero-order valence-corrected chi connectivity index (χ0v) is 15.3. The molecular weight excluding hydrogens is 286 g/mol. The summed E-state index contributed by atoms with van der Waals surface area (Å²) in [4.78, 5) is 0. The molecule has 0 amide bonds. The third kappa shape index (κ3) is 5.49. The van der Waals surface area contributed by atoms with E-state index in [0.29, 0.717) is 5.71 Å². The summed E-state index contributed by atoms with van der Waals surface area (Å²) < 4.78 is 0. The summed E-state index contributed by atoms with van der Waals surface area (Å²) in [6, 6.07) is 0. The Morgan fingerprint density at radius 2 is 1.82 bits per heavy atom. The molecule has 1 aliphatic rings. The van der Waals surface area contributed by atoms with Crippen LogP contribution in [0.5, 0.6) is 0 Å². The van der Waals surface area contributed by atoms with Gasteiger partial charge in [0.1, 0.15) is 0 Å². The van der Waals surface area contributed by atoms with Gasteiger partial charge in [0.25, 0.3) is 0 Å². The first kappa shape index (κ1) is 18.8. The molecule has 0 spiro atoms. The van der Waals surface area contributed by atoms with Crippen LogP contribution >= 0.6 is 12.6 Å².